The second-order valence-electron chi connectivity index (χ2n) is 8.93. The van der Waals surface area contributed by atoms with Crippen molar-refractivity contribution in [2.24, 2.45) is 0 Å². The molecular weight excluding hydrogens is 434 g/mol. The number of carboxylic acid groups (broad SMARTS) is 1. The van der Waals surface area contributed by atoms with Gasteiger partial charge in [-0.15, -0.1) is 11.3 Å². The van der Waals surface area contributed by atoms with Gasteiger partial charge in [-0.05, 0) is 62.6 Å². The van der Waals surface area contributed by atoms with Crippen LogP contribution in [-0.4, -0.2) is 51.1 Å². The minimum absolute atomic E-state index is 0.151. The van der Waals surface area contributed by atoms with Gasteiger partial charge in [0.1, 0.15) is 11.1 Å². The summed E-state index contributed by atoms with van der Waals surface area (Å²) in [6.07, 6.45) is 12.8. The number of thiophene rings is 1. The van der Waals surface area contributed by atoms with Crippen LogP contribution in [0.3, 0.4) is 0 Å². The van der Waals surface area contributed by atoms with Gasteiger partial charge in [0, 0.05) is 17.5 Å². The maximum atomic E-state index is 11.0. The molecule has 1 aromatic carbocycles. The summed E-state index contributed by atoms with van der Waals surface area (Å²) in [6.45, 7) is 0.758. The number of aliphatic hydroxyl groups excluding tert-OH is 2. The predicted octanol–water partition coefficient (Wildman–Crippen LogP) is 5.27. The maximum Gasteiger partial charge on any atom is 0.345 e. The van der Waals surface area contributed by atoms with Crippen molar-refractivity contribution in [2.45, 2.75) is 82.6 Å². The van der Waals surface area contributed by atoms with E-state index in [9.17, 15) is 15.0 Å². The Morgan fingerprint density at radius 2 is 1.82 bits per heavy atom. The van der Waals surface area contributed by atoms with E-state index >= 15 is 0 Å². The molecule has 0 saturated carbocycles. The van der Waals surface area contributed by atoms with Crippen molar-refractivity contribution in [1.82, 2.24) is 4.90 Å². The number of aryl methyl sites for hydroxylation is 2. The third kappa shape index (κ3) is 8.70. The third-order valence-corrected chi connectivity index (χ3v) is 7.49. The van der Waals surface area contributed by atoms with E-state index in [1.807, 2.05) is 18.2 Å². The Morgan fingerprint density at radius 3 is 2.58 bits per heavy atom. The first kappa shape index (κ1) is 25.6. The van der Waals surface area contributed by atoms with Gasteiger partial charge in [-0.3, -0.25) is 4.90 Å². The number of hydrogen-bond donors (Lipinski definition) is 3. The molecule has 180 valence electrons. The molecule has 1 fully saturated rings. The molecule has 3 rings (SSSR count). The van der Waals surface area contributed by atoms with Crippen LogP contribution in [0.25, 0.3) is 0 Å². The summed E-state index contributed by atoms with van der Waals surface area (Å²) in [4.78, 5) is 14.5. The van der Waals surface area contributed by atoms with Gasteiger partial charge < -0.3 is 15.3 Å². The molecule has 1 aliphatic rings. The van der Waals surface area contributed by atoms with Crippen LogP contribution in [0.2, 0.25) is 0 Å². The molecule has 0 spiro atoms. The van der Waals surface area contributed by atoms with Crippen molar-refractivity contribution >= 4 is 17.3 Å². The summed E-state index contributed by atoms with van der Waals surface area (Å²) < 4.78 is 0. The summed E-state index contributed by atoms with van der Waals surface area (Å²) in [5.41, 5.74) is 1.39. The SMILES string of the molecule is O=C(O)c1ccc(CCCN2C(O)CC[C@@H]2/C=C/[C@H](O)CCCCCCc2ccccc2)s1. The van der Waals surface area contributed by atoms with E-state index in [2.05, 4.69) is 35.2 Å². The van der Waals surface area contributed by atoms with Crippen molar-refractivity contribution in [3.05, 3.63) is 69.9 Å². The summed E-state index contributed by atoms with van der Waals surface area (Å²) in [5.74, 6) is -0.878. The maximum absolute atomic E-state index is 11.0. The van der Waals surface area contributed by atoms with Crippen molar-refractivity contribution in [3.8, 4) is 0 Å². The number of unbranched alkanes of at least 4 members (excludes halogenated alkanes) is 3. The third-order valence-electron chi connectivity index (χ3n) is 6.35. The topological polar surface area (TPSA) is 81.0 Å². The van der Waals surface area contributed by atoms with Gasteiger partial charge in [0.05, 0.1) is 6.10 Å². The van der Waals surface area contributed by atoms with E-state index in [-0.39, 0.29) is 6.04 Å². The van der Waals surface area contributed by atoms with Crippen LogP contribution in [0.1, 0.15) is 71.5 Å². The summed E-state index contributed by atoms with van der Waals surface area (Å²) in [5, 5.41) is 29.8. The number of nitrogens with zero attached hydrogens (tertiary/aromatic N) is 1. The summed E-state index contributed by atoms with van der Waals surface area (Å²) in [7, 11) is 0. The van der Waals surface area contributed by atoms with Gasteiger partial charge in [-0.25, -0.2) is 4.79 Å². The molecule has 1 saturated heterocycles. The standard InChI is InChI=1S/C27H37NO4S/c29-23(12-7-2-1-4-9-21-10-5-3-6-11-21)16-14-22-15-19-26(30)28(22)20-8-13-24-17-18-25(33-24)27(31)32/h3,5-6,10-11,14,16-18,22-23,26,29-30H,1-2,4,7-9,12-13,15,19-20H2,(H,31,32)/b16-14+/t22-,23+,26?/m0/s1. The number of carboxylic acids is 1. The molecular formula is C27H37NO4S. The Labute approximate surface area is 201 Å². The lowest BCUT2D eigenvalue weighted by Gasteiger charge is -2.25. The van der Waals surface area contributed by atoms with Crippen LogP contribution in [0.4, 0.5) is 0 Å². The summed E-state index contributed by atoms with van der Waals surface area (Å²) in [6, 6.07) is 14.3. The van der Waals surface area contributed by atoms with E-state index in [1.165, 1.54) is 29.7 Å². The first-order chi connectivity index (χ1) is 16.0. The van der Waals surface area contributed by atoms with Crippen molar-refractivity contribution < 1.29 is 20.1 Å². The van der Waals surface area contributed by atoms with Crippen LogP contribution in [0.5, 0.6) is 0 Å². The molecule has 5 nitrogen and oxygen atoms in total. The molecule has 1 unspecified atom stereocenters. The second kappa shape index (κ2) is 13.7. The molecule has 3 N–H and O–H groups in total. The quantitative estimate of drug-likeness (QED) is 0.258. The Morgan fingerprint density at radius 1 is 1.03 bits per heavy atom. The second-order valence-corrected chi connectivity index (χ2v) is 10.1. The Balaban J connectivity index is 1.32. The Hall–Kier alpha value is -1.99. The Kier molecular flexibility index (Phi) is 10.6. The molecule has 0 amide bonds. The van der Waals surface area contributed by atoms with E-state index in [0.717, 1.165) is 62.8 Å². The molecule has 2 aromatic rings. The fourth-order valence-corrected chi connectivity index (χ4v) is 5.38. The number of hydrogen-bond acceptors (Lipinski definition) is 5. The molecule has 1 aliphatic heterocycles. The number of carbonyl (C=O) groups is 1. The zero-order chi connectivity index (χ0) is 23.5. The van der Waals surface area contributed by atoms with E-state index in [1.54, 1.807) is 6.07 Å². The molecule has 6 heteroatoms. The van der Waals surface area contributed by atoms with Crippen LogP contribution in [0, 0.1) is 0 Å². The zero-order valence-corrected chi connectivity index (χ0v) is 20.1. The van der Waals surface area contributed by atoms with Crippen LogP contribution in [0.15, 0.2) is 54.6 Å². The van der Waals surface area contributed by atoms with E-state index < -0.39 is 18.3 Å². The number of aliphatic hydroxyl groups is 2. The molecule has 3 atom stereocenters. The average molecular weight is 472 g/mol. The smallest absolute Gasteiger partial charge is 0.345 e. The highest BCUT2D eigenvalue weighted by atomic mass is 32.1. The fraction of sp³-hybridized carbons (Fsp3) is 0.519. The fourth-order valence-electron chi connectivity index (χ4n) is 4.49. The lowest BCUT2D eigenvalue weighted by Crippen LogP contribution is -2.36. The molecule has 0 bridgehead atoms. The van der Waals surface area contributed by atoms with Gasteiger partial charge in [-0.2, -0.15) is 0 Å². The van der Waals surface area contributed by atoms with Gasteiger partial charge >= 0.3 is 5.97 Å². The lowest BCUT2D eigenvalue weighted by atomic mass is 10.0. The van der Waals surface area contributed by atoms with Crippen LogP contribution in [-0.2, 0) is 12.8 Å². The minimum atomic E-state index is -0.878. The van der Waals surface area contributed by atoms with Gasteiger partial charge in [-0.1, -0.05) is 61.7 Å². The van der Waals surface area contributed by atoms with Gasteiger partial charge in [0.25, 0.3) is 0 Å². The molecule has 1 aromatic heterocycles. The minimum Gasteiger partial charge on any atom is -0.477 e. The molecule has 0 aliphatic carbocycles. The first-order valence-electron chi connectivity index (χ1n) is 12.2. The van der Waals surface area contributed by atoms with Gasteiger partial charge in [0.15, 0.2) is 0 Å². The first-order valence-corrected chi connectivity index (χ1v) is 13.0. The Bertz CT molecular complexity index is 866. The molecule has 2 heterocycles. The van der Waals surface area contributed by atoms with Crippen LogP contribution < -0.4 is 0 Å². The van der Waals surface area contributed by atoms with E-state index in [4.69, 9.17) is 5.11 Å². The molecule has 33 heavy (non-hydrogen) atoms. The highest BCUT2D eigenvalue weighted by molar-refractivity contribution is 7.13. The normalized spacial score (nSPS) is 19.9. The van der Waals surface area contributed by atoms with Crippen molar-refractivity contribution in [1.29, 1.82) is 0 Å². The number of rotatable bonds is 14. The van der Waals surface area contributed by atoms with Crippen LogP contribution >= 0.6 is 11.3 Å². The van der Waals surface area contributed by atoms with Gasteiger partial charge in [0.2, 0.25) is 0 Å². The largest absolute Gasteiger partial charge is 0.477 e. The predicted molar refractivity (Wildman–Crippen MR) is 134 cm³/mol. The highest BCUT2D eigenvalue weighted by Crippen LogP contribution is 2.25. The average Bonchev–Trinajstić information content (AvgIpc) is 3.43. The number of likely N-dealkylation sites (tertiary alicyclic amines) is 1. The zero-order valence-electron chi connectivity index (χ0n) is 19.3. The monoisotopic (exact) mass is 471 g/mol. The number of aromatic carboxylic acids is 1. The highest BCUT2D eigenvalue weighted by Gasteiger charge is 2.29. The summed E-state index contributed by atoms with van der Waals surface area (Å²) >= 11 is 1.32. The number of benzene rings is 1. The molecule has 0 radical (unpaired) electrons. The van der Waals surface area contributed by atoms with E-state index in [0.29, 0.717) is 4.88 Å². The van der Waals surface area contributed by atoms with Crippen molar-refractivity contribution in [3.63, 3.8) is 0 Å². The lowest BCUT2D eigenvalue weighted by molar-refractivity contribution is 0.0252. The van der Waals surface area contributed by atoms with Crippen molar-refractivity contribution in [2.75, 3.05) is 6.54 Å².